The van der Waals surface area contributed by atoms with E-state index >= 15 is 0 Å². The number of aromatic amines is 1. The second kappa shape index (κ2) is 51.5. The van der Waals surface area contributed by atoms with E-state index < -0.39 is 71.8 Å². The van der Waals surface area contributed by atoms with Crippen LogP contribution in [0.15, 0.2) is 96.7 Å². The Balaban J connectivity index is 0.547. The number of nitrogens with two attached hydrogens (primary N) is 1. The van der Waals surface area contributed by atoms with Crippen molar-refractivity contribution in [1.82, 2.24) is 39.5 Å². The molecule has 0 unspecified atom stereocenters. The normalized spacial score (nSPS) is 27.2. The van der Waals surface area contributed by atoms with Gasteiger partial charge in [-0.25, -0.2) is 24.4 Å². The Bertz CT molecular complexity index is 4360. The SMILES string of the molecule is CO[C@H]1C[C@@H]2CC[C@@H](C)[C@@](O)(O2)C(=O)C(=O)N2CCCC[C@H]2C(=O)O[C@H]([C@H](C)C[C@@H]2CC[C@@H](OC(=S)CCCOCCOCCOCCOCCOCCOCCOCCOCCC(=O)N3CCc4cc(Cn5nc(-c6cnc7[nH]ccc7c6)c6c(N)ncnc65)ccc4C3)[C@H](OC)C2)CC[C@H](C)/C=C(\C)[C@@H](O)[C@@H](OC)C(=O)[C@H](C)C[C@H](C)/C=C/C=C/C=C/1C. The van der Waals surface area contributed by atoms with Crippen molar-refractivity contribution in [1.29, 1.82) is 0 Å². The predicted octanol–water partition coefficient (Wildman–Crippen LogP) is 11.6. The molecule has 1 aliphatic carbocycles. The van der Waals surface area contributed by atoms with Crippen molar-refractivity contribution in [3.05, 3.63) is 113 Å². The number of ether oxygens (including phenoxy) is 14. The van der Waals surface area contributed by atoms with Crippen LogP contribution in [-0.4, -0.2) is 279 Å². The third-order valence-corrected chi connectivity index (χ3v) is 25.0. The first kappa shape index (κ1) is 99.5. The van der Waals surface area contributed by atoms with Crippen LogP contribution >= 0.6 is 12.2 Å². The highest BCUT2D eigenvalue weighted by atomic mass is 32.1. The lowest BCUT2D eigenvalue weighted by Gasteiger charge is -2.42. The average molecular weight is 1760 g/mol. The van der Waals surface area contributed by atoms with Gasteiger partial charge in [-0.15, -0.1) is 0 Å². The molecule has 0 spiro atoms. The molecule has 31 heteroatoms. The summed E-state index contributed by atoms with van der Waals surface area (Å²) in [5.41, 5.74) is 14.2. The molecule has 10 rings (SSSR count). The molecule has 4 aromatic heterocycles. The number of pyridine rings is 1. The fourth-order valence-corrected chi connectivity index (χ4v) is 17.7. The minimum Gasteiger partial charge on any atom is -0.481 e. The van der Waals surface area contributed by atoms with Crippen LogP contribution in [-0.2, 0) is 110 Å². The number of benzene rings is 1. The van der Waals surface area contributed by atoms with Gasteiger partial charge >= 0.3 is 5.97 Å². The number of aliphatic hydroxyl groups is 2. The number of carbonyl (C=O) groups excluding carboxylic acids is 5. The fraction of sp³-hybridized carbons (Fsp3) is 0.660. The van der Waals surface area contributed by atoms with Crippen molar-refractivity contribution in [2.75, 3.05) is 146 Å². The lowest BCUT2D eigenvalue weighted by atomic mass is 9.78. The van der Waals surface area contributed by atoms with Crippen molar-refractivity contribution in [3.63, 3.8) is 0 Å². The number of amides is 2. The second-order valence-electron chi connectivity index (χ2n) is 34.2. The average Bonchev–Trinajstić information content (AvgIpc) is 1.63. The van der Waals surface area contributed by atoms with Crippen LogP contribution < -0.4 is 5.73 Å². The van der Waals surface area contributed by atoms with Gasteiger partial charge in [0.1, 0.15) is 53.9 Å². The quantitative estimate of drug-likeness (QED) is 0.00937. The van der Waals surface area contributed by atoms with E-state index in [1.165, 1.54) is 23.9 Å². The number of hydrogen-bond donors (Lipinski definition) is 4. The zero-order chi connectivity index (χ0) is 89.2. The maximum atomic E-state index is 14.8. The Kier molecular flexibility index (Phi) is 41.0. The van der Waals surface area contributed by atoms with Gasteiger partial charge < -0.3 is 97.0 Å². The Morgan fingerprint density at radius 2 is 1.39 bits per heavy atom. The number of hydrogen-bond acceptors (Lipinski definition) is 27. The molecule has 5 aromatic rings. The van der Waals surface area contributed by atoms with Crippen molar-refractivity contribution in [2.24, 2.45) is 35.5 Å². The number of carbonyl (C=O) groups is 5. The molecule has 1 saturated carbocycles. The van der Waals surface area contributed by atoms with Crippen molar-refractivity contribution in [2.45, 2.75) is 225 Å². The number of methoxy groups -OCH3 is 3. The van der Waals surface area contributed by atoms with Crippen molar-refractivity contribution in [3.8, 4) is 11.3 Å². The number of esters is 1. The molecule has 125 heavy (non-hydrogen) atoms. The summed E-state index contributed by atoms with van der Waals surface area (Å²) in [5.74, 6) is -6.02. The highest BCUT2D eigenvalue weighted by Gasteiger charge is 2.53. The summed E-state index contributed by atoms with van der Waals surface area (Å²) in [6.07, 6.45) is 21.8. The topological polar surface area (TPSA) is 360 Å². The zero-order valence-corrected chi connectivity index (χ0v) is 75.9. The van der Waals surface area contributed by atoms with Gasteiger partial charge in [-0.2, -0.15) is 5.10 Å². The Labute approximate surface area is 742 Å². The van der Waals surface area contributed by atoms with Gasteiger partial charge in [-0.1, -0.05) is 89.3 Å². The van der Waals surface area contributed by atoms with E-state index in [1.54, 1.807) is 34.3 Å². The number of nitrogens with zero attached hydrogens (tertiary/aromatic N) is 7. The minimum absolute atomic E-state index is 0.0399. The van der Waals surface area contributed by atoms with Crippen molar-refractivity contribution < 1.29 is 101 Å². The molecule has 0 radical (unpaired) electrons. The van der Waals surface area contributed by atoms with Gasteiger partial charge in [0.2, 0.25) is 11.7 Å². The van der Waals surface area contributed by atoms with Gasteiger partial charge in [-0.3, -0.25) is 19.2 Å². The summed E-state index contributed by atoms with van der Waals surface area (Å²) in [5, 5.41) is 31.0. The second-order valence-corrected chi connectivity index (χ2v) is 34.6. The molecule has 1 aromatic carbocycles. The monoisotopic (exact) mass is 1760 g/mol. The molecule has 30 nitrogen and oxygen atoms in total. The van der Waals surface area contributed by atoms with Crippen LogP contribution in [0.2, 0.25) is 0 Å². The molecule has 3 fully saturated rings. The number of aromatic nitrogens is 6. The van der Waals surface area contributed by atoms with E-state index in [0.29, 0.717) is 248 Å². The predicted molar refractivity (Wildman–Crippen MR) is 476 cm³/mol. The van der Waals surface area contributed by atoms with E-state index in [4.69, 9.17) is 89.4 Å². The molecule has 2 bridgehead atoms. The van der Waals surface area contributed by atoms with E-state index in [9.17, 15) is 34.2 Å². The van der Waals surface area contributed by atoms with Gasteiger partial charge in [0.25, 0.3) is 11.7 Å². The number of piperidine rings is 1. The number of rotatable bonds is 38. The minimum atomic E-state index is -2.42. The lowest BCUT2D eigenvalue weighted by Crippen LogP contribution is -2.61. The maximum Gasteiger partial charge on any atom is 0.329 e. The van der Waals surface area contributed by atoms with Crippen LogP contribution in [0.3, 0.4) is 0 Å². The van der Waals surface area contributed by atoms with E-state index in [0.717, 1.165) is 46.1 Å². The van der Waals surface area contributed by atoms with Crippen LogP contribution in [0.1, 0.15) is 168 Å². The number of Topliss-reactive ketones (excluding diaryl/α,β-unsaturated/α-hetero) is 2. The number of nitrogens with one attached hydrogen (secondary N) is 1. The zero-order valence-electron chi connectivity index (χ0n) is 75.1. The molecule has 8 heterocycles. The van der Waals surface area contributed by atoms with Crippen molar-refractivity contribution >= 4 is 74.5 Å². The van der Waals surface area contributed by atoms with E-state index in [-0.39, 0.29) is 60.5 Å². The first-order chi connectivity index (χ1) is 60.5. The van der Waals surface area contributed by atoms with Gasteiger partial charge in [0.15, 0.2) is 16.5 Å². The maximum absolute atomic E-state index is 14.8. The summed E-state index contributed by atoms with van der Waals surface area (Å²) in [6.45, 7) is 22.0. The molecule has 5 aliphatic rings. The van der Waals surface area contributed by atoms with Gasteiger partial charge in [0, 0.05) is 95.6 Å². The molecule has 15 atom stereocenters. The van der Waals surface area contributed by atoms with Gasteiger partial charge in [-0.05, 0) is 180 Å². The Hall–Kier alpha value is -7.70. The third kappa shape index (κ3) is 29.7. The van der Waals surface area contributed by atoms with Crippen LogP contribution in [0.5, 0.6) is 0 Å². The van der Waals surface area contributed by atoms with E-state index in [2.05, 4.69) is 45.1 Å². The van der Waals surface area contributed by atoms with Crippen LogP contribution in [0.25, 0.3) is 33.3 Å². The number of allylic oxidation sites excluding steroid dienone is 6. The summed E-state index contributed by atoms with van der Waals surface area (Å²) < 4.78 is 84.3. The first-order valence-corrected chi connectivity index (χ1v) is 45.4. The Morgan fingerprint density at radius 3 is 2.07 bits per heavy atom. The number of cyclic esters (lactones) is 1. The summed E-state index contributed by atoms with van der Waals surface area (Å²) in [7, 11) is 4.72. The molecule has 690 valence electrons. The number of nitrogen functional groups attached to an aromatic ring is 1. The van der Waals surface area contributed by atoms with Crippen LogP contribution in [0, 0.1) is 35.5 Å². The van der Waals surface area contributed by atoms with Gasteiger partial charge in [0.05, 0.1) is 136 Å². The number of aliphatic hydroxyl groups excluding tert-OH is 1. The number of fused-ring (bicyclic) bond motifs is 6. The molecule has 2 amide bonds. The highest BCUT2D eigenvalue weighted by Crippen LogP contribution is 2.40. The molecule has 5 N–H and O–H groups in total. The van der Waals surface area contributed by atoms with Crippen LogP contribution in [0.4, 0.5) is 5.82 Å². The molecular weight excluding hydrogens is 1620 g/mol. The first-order valence-electron chi connectivity index (χ1n) is 45.0. The highest BCUT2D eigenvalue weighted by molar-refractivity contribution is 7.80. The summed E-state index contributed by atoms with van der Waals surface area (Å²) >= 11 is 5.75. The smallest absolute Gasteiger partial charge is 0.329 e. The summed E-state index contributed by atoms with van der Waals surface area (Å²) in [6, 6.07) is 9.30. The number of H-pyrrole nitrogens is 1. The molecule has 2 saturated heterocycles. The standard InChI is InChI=1S/C94H137N9O21S/c1-62-17-12-11-13-18-64(3)79(111-8)57-75-26-22-68(7)94(110,124-75)88(107)92(108)102-33-15-14-19-76(102)93(109)123-77(27-21-63(2)52-67(6)86(106)87(113-10)85(105)66(5)51-62)65(4)53-69-24-28-78(80(55-69)112-9)122-82(125)20-16-35-114-37-39-116-41-43-118-45-47-120-49-50-121-48-46-119-44-42-117-40-38-115-36-31-81(104)101-34-30-71-54-70(23-25-73(71)60-101)59-103-91-83(89(95)98-61-99-91)84(100-103)74-56-72-29-32-96-90(72)97-58-74/h11-13,17-18,23,25,29,32,52,54,56,58,61-63,65-66,68-69,75-80,86-87,106,110H,14-16,19-22,24,26-28,30-31,33-51,53,55,57,59-60H2,1-10H3,(H,96,97)(H2,95,98,99)/b13-11+,17-12+,64-18+,67-52+/t62-,63+,65-,66-,68-,69+,75+,76+,77+,78-,79+,80-,86-,87+,94-/m1/s1. The third-order valence-electron chi connectivity index (χ3n) is 24.7. The molecule has 4 aliphatic heterocycles. The number of ketones is 2. The number of thiocarbonyl (C=S) groups is 1. The fourth-order valence-electron chi connectivity index (χ4n) is 17.4. The summed E-state index contributed by atoms with van der Waals surface area (Å²) in [4.78, 5) is 90.6. The number of anilines is 1. The van der Waals surface area contributed by atoms with E-state index in [1.807, 2.05) is 92.1 Å². The lowest BCUT2D eigenvalue weighted by molar-refractivity contribution is -0.265. The largest absolute Gasteiger partial charge is 0.481 e. The molecular formula is C94H137N9O21S. The Morgan fingerprint density at radius 1 is 0.704 bits per heavy atom.